The number of rotatable bonds is 2. The number of nitriles is 1. The van der Waals surface area contributed by atoms with Crippen LogP contribution in [0, 0.1) is 28.0 Å². The summed E-state index contributed by atoms with van der Waals surface area (Å²) < 4.78 is 12.8. The van der Waals surface area contributed by atoms with Gasteiger partial charge in [0.05, 0.1) is 6.07 Å². The third-order valence-electron chi connectivity index (χ3n) is 3.86. The van der Waals surface area contributed by atoms with Crippen LogP contribution in [0.1, 0.15) is 32.3 Å². The Balaban J connectivity index is 2.29. The maximum atomic E-state index is 12.8. The molecule has 0 aromatic heterocycles. The molecular weight excluding hydrogens is 229 g/mol. The largest absolute Gasteiger partial charge is 0.297 e. The van der Waals surface area contributed by atoms with Crippen LogP contribution in [0.2, 0.25) is 0 Å². The highest BCUT2D eigenvalue weighted by atomic mass is 19.1. The van der Waals surface area contributed by atoms with Crippen molar-refractivity contribution in [1.82, 2.24) is 0 Å². The third-order valence-corrected chi connectivity index (χ3v) is 3.86. The lowest BCUT2D eigenvalue weighted by molar-refractivity contribution is -0.130. The van der Waals surface area contributed by atoms with Gasteiger partial charge in [-0.2, -0.15) is 5.26 Å². The van der Waals surface area contributed by atoms with Crippen molar-refractivity contribution >= 4 is 5.78 Å². The van der Waals surface area contributed by atoms with Gasteiger partial charge in [-0.15, -0.1) is 0 Å². The van der Waals surface area contributed by atoms with Crippen LogP contribution < -0.4 is 0 Å². The molecule has 3 heteroatoms. The Bertz CT molecular complexity index is 512. The van der Waals surface area contributed by atoms with Gasteiger partial charge in [0.25, 0.3) is 0 Å². The molecule has 1 aliphatic carbocycles. The monoisotopic (exact) mass is 245 g/mol. The highest BCUT2D eigenvalue weighted by molar-refractivity contribution is 5.94. The average molecular weight is 245 g/mol. The summed E-state index contributed by atoms with van der Waals surface area (Å²) in [4.78, 5) is 12.4. The second-order valence-electron chi connectivity index (χ2n) is 5.71. The van der Waals surface area contributed by atoms with Crippen LogP contribution in [0.5, 0.6) is 0 Å². The van der Waals surface area contributed by atoms with Crippen LogP contribution in [0.3, 0.4) is 0 Å². The van der Waals surface area contributed by atoms with Crippen molar-refractivity contribution in [3.05, 3.63) is 35.6 Å². The number of nitrogens with zero attached hydrogens (tertiary/aromatic N) is 1. The van der Waals surface area contributed by atoms with Gasteiger partial charge < -0.3 is 0 Å². The van der Waals surface area contributed by atoms with E-state index in [9.17, 15) is 14.4 Å². The molecule has 94 valence electrons. The van der Waals surface area contributed by atoms with Crippen molar-refractivity contribution in [3.63, 3.8) is 0 Å². The van der Waals surface area contributed by atoms with Gasteiger partial charge in [-0.25, -0.2) is 4.39 Å². The number of hydrogen-bond donors (Lipinski definition) is 0. The molecule has 2 rings (SSSR count). The van der Waals surface area contributed by atoms with Crippen LogP contribution in [0.4, 0.5) is 4.39 Å². The summed E-state index contributed by atoms with van der Waals surface area (Å²) in [6.07, 6.45) is 1.71. The van der Waals surface area contributed by atoms with Gasteiger partial charge >= 0.3 is 0 Å². The molecular formula is C15H16FNO. The van der Waals surface area contributed by atoms with Gasteiger partial charge in [0.2, 0.25) is 0 Å². The molecule has 0 spiro atoms. The molecule has 1 aromatic carbocycles. The van der Waals surface area contributed by atoms with Crippen LogP contribution in [0.15, 0.2) is 24.3 Å². The van der Waals surface area contributed by atoms with E-state index in [0.717, 1.165) is 12.0 Å². The SMILES string of the molecule is CC1(C)CCC(C#N)(Cc2ccc(F)cc2)C1=O. The van der Waals surface area contributed by atoms with Crippen LogP contribution in [-0.4, -0.2) is 5.78 Å². The minimum atomic E-state index is -0.929. The van der Waals surface area contributed by atoms with Gasteiger partial charge in [-0.3, -0.25) is 4.79 Å². The fraction of sp³-hybridized carbons (Fsp3) is 0.467. The Kier molecular flexibility index (Phi) is 2.98. The quantitative estimate of drug-likeness (QED) is 0.802. The molecule has 0 N–H and O–H groups in total. The molecule has 1 aliphatic rings. The highest BCUT2D eigenvalue weighted by Gasteiger charge is 2.52. The molecule has 18 heavy (non-hydrogen) atoms. The topological polar surface area (TPSA) is 40.9 Å². The Morgan fingerprint density at radius 3 is 2.33 bits per heavy atom. The molecule has 0 aliphatic heterocycles. The van der Waals surface area contributed by atoms with Crippen LogP contribution in [0.25, 0.3) is 0 Å². The Morgan fingerprint density at radius 2 is 1.89 bits per heavy atom. The molecule has 1 atom stereocenters. The zero-order valence-electron chi connectivity index (χ0n) is 10.7. The second-order valence-corrected chi connectivity index (χ2v) is 5.71. The number of benzene rings is 1. The molecule has 1 unspecified atom stereocenters. The second kappa shape index (κ2) is 4.20. The van der Waals surface area contributed by atoms with Gasteiger partial charge in [0, 0.05) is 5.41 Å². The molecule has 0 bridgehead atoms. The lowest BCUT2D eigenvalue weighted by Gasteiger charge is -2.22. The lowest BCUT2D eigenvalue weighted by atomic mass is 9.77. The van der Waals surface area contributed by atoms with E-state index in [4.69, 9.17) is 0 Å². The van der Waals surface area contributed by atoms with Gasteiger partial charge in [0.15, 0.2) is 5.78 Å². The molecule has 0 saturated heterocycles. The van der Waals surface area contributed by atoms with E-state index in [1.165, 1.54) is 12.1 Å². The van der Waals surface area contributed by atoms with Crippen molar-refractivity contribution in [2.45, 2.75) is 33.1 Å². The van der Waals surface area contributed by atoms with Crippen LogP contribution >= 0.6 is 0 Å². The summed E-state index contributed by atoms with van der Waals surface area (Å²) in [5, 5.41) is 9.39. The fourth-order valence-electron chi connectivity index (χ4n) is 2.67. The number of carbonyl (C=O) groups excluding carboxylic acids is 1. The van der Waals surface area contributed by atoms with E-state index < -0.39 is 10.8 Å². The summed E-state index contributed by atoms with van der Waals surface area (Å²) in [5.74, 6) is -0.287. The maximum Gasteiger partial charge on any atom is 0.158 e. The van der Waals surface area contributed by atoms with E-state index in [1.54, 1.807) is 12.1 Å². The Hall–Kier alpha value is -1.69. The first kappa shape index (κ1) is 12.8. The van der Waals surface area contributed by atoms with Gasteiger partial charge in [-0.1, -0.05) is 26.0 Å². The molecule has 1 aromatic rings. The predicted molar refractivity (Wildman–Crippen MR) is 66.2 cm³/mol. The van der Waals surface area contributed by atoms with Crippen molar-refractivity contribution in [1.29, 1.82) is 5.26 Å². The number of halogens is 1. The van der Waals surface area contributed by atoms with E-state index in [-0.39, 0.29) is 11.6 Å². The Labute approximate surface area is 106 Å². The smallest absolute Gasteiger partial charge is 0.158 e. The first-order valence-electron chi connectivity index (χ1n) is 6.10. The lowest BCUT2D eigenvalue weighted by Crippen LogP contribution is -2.33. The Morgan fingerprint density at radius 1 is 1.28 bits per heavy atom. The first-order valence-corrected chi connectivity index (χ1v) is 6.10. The zero-order valence-corrected chi connectivity index (χ0v) is 10.7. The van der Waals surface area contributed by atoms with Crippen molar-refractivity contribution < 1.29 is 9.18 Å². The predicted octanol–water partition coefficient (Wildman–Crippen LogP) is 3.27. The molecule has 1 fully saturated rings. The molecule has 0 amide bonds. The fourth-order valence-corrected chi connectivity index (χ4v) is 2.67. The summed E-state index contributed by atoms with van der Waals surface area (Å²) in [6.45, 7) is 3.78. The highest BCUT2D eigenvalue weighted by Crippen LogP contribution is 2.47. The van der Waals surface area contributed by atoms with E-state index in [2.05, 4.69) is 6.07 Å². The average Bonchev–Trinajstić information content (AvgIpc) is 2.57. The molecule has 0 radical (unpaired) electrons. The number of carbonyl (C=O) groups is 1. The van der Waals surface area contributed by atoms with Crippen molar-refractivity contribution in [3.8, 4) is 6.07 Å². The van der Waals surface area contributed by atoms with E-state index in [1.807, 2.05) is 13.8 Å². The summed E-state index contributed by atoms with van der Waals surface area (Å²) in [6, 6.07) is 8.23. The minimum absolute atomic E-state index is 0.0156. The number of Topliss-reactive ketones (excluding diaryl/α,β-unsaturated/α-hetero) is 1. The van der Waals surface area contributed by atoms with Gasteiger partial charge in [-0.05, 0) is 37.0 Å². The first-order chi connectivity index (χ1) is 8.39. The van der Waals surface area contributed by atoms with Crippen molar-refractivity contribution in [2.24, 2.45) is 10.8 Å². The zero-order chi connectivity index (χ0) is 13.4. The van der Waals surface area contributed by atoms with E-state index >= 15 is 0 Å². The standard InChI is InChI=1S/C15H16FNO/c1-14(2)7-8-15(10-17,13(14)18)9-11-3-5-12(16)6-4-11/h3-6H,7-9H2,1-2H3. The maximum absolute atomic E-state index is 12.8. The molecule has 1 saturated carbocycles. The van der Waals surface area contributed by atoms with Crippen molar-refractivity contribution in [2.75, 3.05) is 0 Å². The summed E-state index contributed by atoms with van der Waals surface area (Å²) >= 11 is 0. The normalized spacial score (nSPS) is 26.0. The van der Waals surface area contributed by atoms with Gasteiger partial charge in [0.1, 0.15) is 11.2 Å². The third kappa shape index (κ3) is 2.03. The molecule has 0 heterocycles. The summed E-state index contributed by atoms with van der Waals surface area (Å²) in [5.41, 5.74) is -0.513. The summed E-state index contributed by atoms with van der Waals surface area (Å²) in [7, 11) is 0. The van der Waals surface area contributed by atoms with E-state index in [0.29, 0.717) is 12.8 Å². The minimum Gasteiger partial charge on any atom is -0.297 e. The molecule has 2 nitrogen and oxygen atoms in total. The number of ketones is 1. The van der Waals surface area contributed by atoms with Crippen LogP contribution in [-0.2, 0) is 11.2 Å². The number of hydrogen-bond acceptors (Lipinski definition) is 2.